The maximum absolute atomic E-state index is 11.5. The van der Waals surface area contributed by atoms with Crippen LogP contribution < -0.4 is 10.6 Å². The van der Waals surface area contributed by atoms with Gasteiger partial charge in [0.25, 0.3) is 0 Å². The third-order valence-corrected chi connectivity index (χ3v) is 1.98. The highest BCUT2D eigenvalue weighted by Crippen LogP contribution is 1.90. The zero-order valence-corrected chi connectivity index (χ0v) is 10.6. The largest absolute Gasteiger partial charge is 0.450 e. The van der Waals surface area contributed by atoms with Gasteiger partial charge in [0, 0.05) is 14.1 Å². The van der Waals surface area contributed by atoms with Gasteiger partial charge in [-0.1, -0.05) is 0 Å². The Labute approximate surface area is 100 Å². The number of likely N-dealkylation sites (N-methyl/N-ethyl adjacent to an activating group) is 2. The van der Waals surface area contributed by atoms with Gasteiger partial charge in [0.1, 0.15) is 12.6 Å². The SMILES string of the molecule is CCOC(=O)N(C)CC(=O)NC(C)C(=O)NC. The van der Waals surface area contributed by atoms with Gasteiger partial charge in [-0.15, -0.1) is 0 Å². The van der Waals surface area contributed by atoms with Crippen molar-refractivity contribution in [1.29, 1.82) is 0 Å². The number of nitrogens with zero attached hydrogens (tertiary/aromatic N) is 1. The first-order valence-corrected chi connectivity index (χ1v) is 5.31. The van der Waals surface area contributed by atoms with E-state index < -0.39 is 18.0 Å². The van der Waals surface area contributed by atoms with E-state index >= 15 is 0 Å². The van der Waals surface area contributed by atoms with E-state index in [0.29, 0.717) is 0 Å². The van der Waals surface area contributed by atoms with E-state index in [4.69, 9.17) is 4.74 Å². The molecule has 0 radical (unpaired) electrons. The molecule has 7 nitrogen and oxygen atoms in total. The molecular weight excluding hydrogens is 226 g/mol. The number of nitrogens with one attached hydrogen (secondary N) is 2. The maximum atomic E-state index is 11.5. The predicted molar refractivity (Wildman–Crippen MR) is 61.3 cm³/mol. The Balaban J connectivity index is 4.09. The Hall–Kier alpha value is -1.79. The van der Waals surface area contributed by atoms with Crippen LogP contribution in [-0.4, -0.2) is 56.1 Å². The van der Waals surface area contributed by atoms with Crippen molar-refractivity contribution in [2.45, 2.75) is 19.9 Å². The highest BCUT2D eigenvalue weighted by molar-refractivity contribution is 5.88. The highest BCUT2D eigenvalue weighted by atomic mass is 16.6. The summed E-state index contributed by atoms with van der Waals surface area (Å²) in [6.45, 7) is 3.33. The second-order valence-corrected chi connectivity index (χ2v) is 3.46. The molecule has 0 bridgehead atoms. The van der Waals surface area contributed by atoms with Gasteiger partial charge in [-0.3, -0.25) is 9.59 Å². The molecule has 0 heterocycles. The Morgan fingerprint density at radius 2 is 1.94 bits per heavy atom. The molecule has 0 aromatic heterocycles. The van der Waals surface area contributed by atoms with Gasteiger partial charge in [0.15, 0.2) is 0 Å². The molecule has 0 rings (SSSR count). The lowest BCUT2D eigenvalue weighted by Crippen LogP contribution is -2.47. The first kappa shape index (κ1) is 15.2. The van der Waals surface area contributed by atoms with Crippen molar-refractivity contribution in [1.82, 2.24) is 15.5 Å². The summed E-state index contributed by atoms with van der Waals surface area (Å²) in [6, 6.07) is -0.636. The third-order valence-electron chi connectivity index (χ3n) is 1.98. The summed E-state index contributed by atoms with van der Waals surface area (Å²) < 4.78 is 4.71. The Bertz CT molecular complexity index is 293. The van der Waals surface area contributed by atoms with Crippen molar-refractivity contribution >= 4 is 17.9 Å². The van der Waals surface area contributed by atoms with Gasteiger partial charge in [0.05, 0.1) is 6.61 Å². The zero-order chi connectivity index (χ0) is 13.4. The molecule has 7 heteroatoms. The molecule has 0 aliphatic carbocycles. The number of hydrogen-bond donors (Lipinski definition) is 2. The summed E-state index contributed by atoms with van der Waals surface area (Å²) in [5, 5.41) is 4.87. The van der Waals surface area contributed by atoms with Crippen LogP contribution in [-0.2, 0) is 14.3 Å². The van der Waals surface area contributed by atoms with Crippen LogP contribution in [0.1, 0.15) is 13.8 Å². The number of carbonyl (C=O) groups is 3. The summed E-state index contributed by atoms with van der Waals surface area (Å²) in [5.74, 6) is -0.714. The lowest BCUT2D eigenvalue weighted by atomic mass is 10.3. The number of hydrogen-bond acceptors (Lipinski definition) is 4. The van der Waals surface area contributed by atoms with Crippen molar-refractivity contribution in [2.75, 3.05) is 27.2 Å². The van der Waals surface area contributed by atoms with E-state index in [1.807, 2.05) is 0 Å². The Kier molecular flexibility index (Phi) is 6.69. The maximum Gasteiger partial charge on any atom is 0.409 e. The van der Waals surface area contributed by atoms with E-state index in [9.17, 15) is 14.4 Å². The topological polar surface area (TPSA) is 87.7 Å². The number of amides is 3. The second-order valence-electron chi connectivity index (χ2n) is 3.46. The fourth-order valence-corrected chi connectivity index (χ4v) is 1.08. The summed E-state index contributed by atoms with van der Waals surface area (Å²) in [6.07, 6.45) is -0.574. The minimum atomic E-state index is -0.636. The second kappa shape index (κ2) is 7.48. The minimum absolute atomic E-state index is 0.153. The van der Waals surface area contributed by atoms with Crippen LogP contribution in [0.15, 0.2) is 0 Å². The van der Waals surface area contributed by atoms with Crippen LogP contribution in [0.5, 0.6) is 0 Å². The molecule has 0 saturated heterocycles. The van der Waals surface area contributed by atoms with Gasteiger partial charge in [-0.25, -0.2) is 4.79 Å². The van der Waals surface area contributed by atoms with Crippen LogP contribution in [0.3, 0.4) is 0 Å². The summed E-state index contributed by atoms with van der Waals surface area (Å²) in [4.78, 5) is 34.9. The molecule has 3 amide bonds. The molecule has 1 atom stereocenters. The first-order valence-electron chi connectivity index (χ1n) is 5.31. The fraction of sp³-hybridized carbons (Fsp3) is 0.700. The van der Waals surface area contributed by atoms with Crippen molar-refractivity contribution in [3.8, 4) is 0 Å². The number of carbonyl (C=O) groups excluding carboxylic acids is 3. The molecule has 0 aromatic carbocycles. The molecule has 17 heavy (non-hydrogen) atoms. The van der Waals surface area contributed by atoms with E-state index in [1.54, 1.807) is 13.8 Å². The fourth-order valence-electron chi connectivity index (χ4n) is 1.08. The van der Waals surface area contributed by atoms with E-state index in [0.717, 1.165) is 4.90 Å². The van der Waals surface area contributed by atoms with Crippen molar-refractivity contribution in [3.05, 3.63) is 0 Å². The first-order chi connectivity index (χ1) is 7.92. The normalized spacial score (nSPS) is 11.3. The highest BCUT2D eigenvalue weighted by Gasteiger charge is 2.17. The van der Waals surface area contributed by atoms with Crippen LogP contribution in [0.4, 0.5) is 4.79 Å². The average molecular weight is 245 g/mol. The zero-order valence-electron chi connectivity index (χ0n) is 10.6. The van der Waals surface area contributed by atoms with Crippen LogP contribution in [0.25, 0.3) is 0 Å². The van der Waals surface area contributed by atoms with Crippen molar-refractivity contribution in [2.24, 2.45) is 0 Å². The quantitative estimate of drug-likeness (QED) is 0.672. The Morgan fingerprint density at radius 1 is 1.35 bits per heavy atom. The molecule has 0 aromatic rings. The van der Waals surface area contributed by atoms with Crippen molar-refractivity contribution in [3.63, 3.8) is 0 Å². The van der Waals surface area contributed by atoms with Crippen LogP contribution >= 0.6 is 0 Å². The molecular formula is C10H19N3O4. The van der Waals surface area contributed by atoms with E-state index in [2.05, 4.69) is 10.6 Å². The summed E-state index contributed by atoms with van der Waals surface area (Å²) in [5.41, 5.74) is 0. The molecule has 0 aliphatic rings. The van der Waals surface area contributed by atoms with E-state index in [1.165, 1.54) is 14.1 Å². The molecule has 0 spiro atoms. The van der Waals surface area contributed by atoms with Gasteiger partial charge in [-0.05, 0) is 13.8 Å². The molecule has 0 aliphatic heterocycles. The van der Waals surface area contributed by atoms with Gasteiger partial charge >= 0.3 is 6.09 Å². The summed E-state index contributed by atoms with van der Waals surface area (Å²) in [7, 11) is 2.93. The molecule has 1 unspecified atom stereocenters. The lowest BCUT2D eigenvalue weighted by Gasteiger charge is -2.17. The van der Waals surface area contributed by atoms with Crippen molar-refractivity contribution < 1.29 is 19.1 Å². The van der Waals surface area contributed by atoms with Gasteiger partial charge in [0.2, 0.25) is 11.8 Å². The predicted octanol–water partition coefficient (Wildman–Crippen LogP) is -0.675. The third kappa shape index (κ3) is 5.74. The molecule has 0 fully saturated rings. The minimum Gasteiger partial charge on any atom is -0.450 e. The number of rotatable bonds is 5. The van der Waals surface area contributed by atoms with Gasteiger partial charge in [-0.2, -0.15) is 0 Å². The van der Waals surface area contributed by atoms with Crippen LogP contribution in [0.2, 0.25) is 0 Å². The average Bonchev–Trinajstić information content (AvgIpc) is 2.27. The Morgan fingerprint density at radius 3 is 2.41 bits per heavy atom. The molecule has 98 valence electrons. The van der Waals surface area contributed by atoms with E-state index in [-0.39, 0.29) is 19.1 Å². The summed E-state index contributed by atoms with van der Waals surface area (Å²) >= 11 is 0. The van der Waals surface area contributed by atoms with Crippen LogP contribution in [0, 0.1) is 0 Å². The van der Waals surface area contributed by atoms with Gasteiger partial charge < -0.3 is 20.3 Å². The molecule has 2 N–H and O–H groups in total. The monoisotopic (exact) mass is 245 g/mol. The smallest absolute Gasteiger partial charge is 0.409 e. The molecule has 0 saturated carbocycles. The number of ether oxygens (including phenoxy) is 1. The standard InChI is InChI=1S/C10H19N3O4/c1-5-17-10(16)13(4)6-8(14)12-7(2)9(15)11-3/h7H,5-6H2,1-4H3,(H,11,15)(H,12,14). The lowest BCUT2D eigenvalue weighted by molar-refractivity contribution is -0.128.